The van der Waals surface area contributed by atoms with Crippen molar-refractivity contribution < 1.29 is 4.74 Å². The summed E-state index contributed by atoms with van der Waals surface area (Å²) in [5.74, 6) is 1.15. The van der Waals surface area contributed by atoms with Gasteiger partial charge in [-0.05, 0) is 33.3 Å². The van der Waals surface area contributed by atoms with Crippen LogP contribution in [0.25, 0.3) is 0 Å². The Bertz CT molecular complexity index is 449. The summed E-state index contributed by atoms with van der Waals surface area (Å²) in [5.41, 5.74) is 1.34. The molecule has 2 rings (SSSR count). The molecule has 0 spiro atoms. The van der Waals surface area contributed by atoms with Crippen LogP contribution in [-0.4, -0.2) is 27.4 Å². The summed E-state index contributed by atoms with van der Waals surface area (Å²) in [5, 5.41) is 10.3. The molecule has 0 fully saturated rings. The van der Waals surface area contributed by atoms with Crippen LogP contribution in [0, 0.1) is 0 Å². The molecule has 0 radical (unpaired) electrons. The van der Waals surface area contributed by atoms with Crippen LogP contribution >= 0.6 is 23.2 Å². The van der Waals surface area contributed by atoms with E-state index < -0.39 is 5.66 Å². The highest BCUT2D eigenvalue weighted by Crippen LogP contribution is 2.43. The summed E-state index contributed by atoms with van der Waals surface area (Å²) in [7, 11) is 5.60. The summed E-state index contributed by atoms with van der Waals surface area (Å²) >= 11 is 12.1. The van der Waals surface area contributed by atoms with E-state index in [0.717, 1.165) is 16.9 Å². The first-order chi connectivity index (χ1) is 8.62. The summed E-state index contributed by atoms with van der Waals surface area (Å²) in [4.78, 5) is 0. The van der Waals surface area contributed by atoms with Crippen molar-refractivity contribution in [3.63, 3.8) is 0 Å². The summed E-state index contributed by atoms with van der Waals surface area (Å²) in [6, 6.07) is 3.73. The molecule has 0 aromatic heterocycles. The van der Waals surface area contributed by atoms with E-state index in [9.17, 15) is 0 Å². The molecule has 1 aromatic rings. The lowest BCUT2D eigenvalue weighted by molar-refractivity contribution is 0.0808. The molecule has 1 heterocycles. The topological polar surface area (TPSA) is 45.3 Å². The van der Waals surface area contributed by atoms with Gasteiger partial charge in [0, 0.05) is 16.1 Å². The standard InChI is InChI=1S/C12H17Cl2N3O/c1-15-11-12(16-2,17-3)9-5-8(14)4-7(6-13)10(9)18-11/h4-5,11,15-17H,6H2,1-3H3. The molecule has 1 aliphatic rings. The highest BCUT2D eigenvalue weighted by molar-refractivity contribution is 6.31. The molecule has 0 saturated heterocycles. The number of nitrogens with one attached hydrogen (secondary N) is 3. The van der Waals surface area contributed by atoms with Gasteiger partial charge in [0.15, 0.2) is 11.9 Å². The number of ether oxygens (including phenoxy) is 1. The van der Waals surface area contributed by atoms with Gasteiger partial charge in [0.2, 0.25) is 0 Å². The Kier molecular flexibility index (Phi) is 4.04. The van der Waals surface area contributed by atoms with Crippen LogP contribution in [0.2, 0.25) is 5.02 Å². The smallest absolute Gasteiger partial charge is 0.186 e. The molecule has 0 amide bonds. The number of benzene rings is 1. The maximum atomic E-state index is 6.15. The number of halogens is 2. The number of rotatable bonds is 4. The Morgan fingerprint density at radius 2 is 1.94 bits per heavy atom. The number of likely N-dealkylation sites (N-methyl/N-ethyl adjacent to an activating group) is 3. The van der Waals surface area contributed by atoms with Gasteiger partial charge in [-0.15, -0.1) is 11.6 Å². The largest absolute Gasteiger partial charge is 0.471 e. The molecule has 0 bridgehead atoms. The van der Waals surface area contributed by atoms with Gasteiger partial charge in [-0.25, -0.2) is 0 Å². The minimum atomic E-state index is -0.518. The Morgan fingerprint density at radius 3 is 2.44 bits per heavy atom. The van der Waals surface area contributed by atoms with E-state index in [1.54, 1.807) is 0 Å². The molecular weight excluding hydrogens is 273 g/mol. The molecular formula is C12H17Cl2N3O. The first kappa shape index (κ1) is 13.9. The minimum absolute atomic E-state index is 0.233. The fraction of sp³-hybridized carbons (Fsp3) is 0.500. The fourth-order valence-electron chi connectivity index (χ4n) is 2.46. The van der Waals surface area contributed by atoms with Crippen molar-refractivity contribution in [3.05, 3.63) is 28.3 Å². The van der Waals surface area contributed by atoms with Gasteiger partial charge < -0.3 is 4.74 Å². The molecule has 1 aromatic carbocycles. The van der Waals surface area contributed by atoms with Crippen LogP contribution in [-0.2, 0) is 11.5 Å². The van der Waals surface area contributed by atoms with E-state index in [1.165, 1.54) is 0 Å². The molecule has 4 nitrogen and oxygen atoms in total. The maximum Gasteiger partial charge on any atom is 0.186 e. The fourth-order valence-corrected chi connectivity index (χ4v) is 2.90. The second-order valence-corrected chi connectivity index (χ2v) is 4.87. The van der Waals surface area contributed by atoms with Crippen molar-refractivity contribution in [2.75, 3.05) is 21.1 Å². The normalized spacial score (nSPS) is 20.6. The number of fused-ring (bicyclic) bond motifs is 1. The highest BCUT2D eigenvalue weighted by Gasteiger charge is 2.47. The van der Waals surface area contributed by atoms with Gasteiger partial charge >= 0.3 is 0 Å². The monoisotopic (exact) mass is 289 g/mol. The van der Waals surface area contributed by atoms with Crippen LogP contribution < -0.4 is 20.7 Å². The van der Waals surface area contributed by atoms with E-state index in [4.69, 9.17) is 27.9 Å². The van der Waals surface area contributed by atoms with Crippen molar-refractivity contribution >= 4 is 23.2 Å². The Morgan fingerprint density at radius 1 is 1.28 bits per heavy atom. The molecule has 6 heteroatoms. The van der Waals surface area contributed by atoms with Gasteiger partial charge in [0.25, 0.3) is 0 Å². The van der Waals surface area contributed by atoms with Gasteiger partial charge in [-0.3, -0.25) is 16.0 Å². The SMILES string of the molecule is CNC1Oc2c(CCl)cc(Cl)cc2C1(NC)NC. The molecule has 18 heavy (non-hydrogen) atoms. The van der Waals surface area contributed by atoms with E-state index in [-0.39, 0.29) is 6.23 Å². The molecule has 100 valence electrons. The third-order valence-electron chi connectivity index (χ3n) is 3.38. The van der Waals surface area contributed by atoms with Crippen LogP contribution in [0.4, 0.5) is 0 Å². The molecule has 3 N–H and O–H groups in total. The number of hydrogen-bond donors (Lipinski definition) is 3. The lowest BCUT2D eigenvalue weighted by atomic mass is 9.97. The third kappa shape index (κ3) is 1.89. The summed E-state index contributed by atoms with van der Waals surface area (Å²) in [6.07, 6.45) is -0.233. The lowest BCUT2D eigenvalue weighted by Crippen LogP contribution is -2.62. The van der Waals surface area contributed by atoms with Gasteiger partial charge in [-0.2, -0.15) is 0 Å². The maximum absolute atomic E-state index is 6.15. The lowest BCUT2D eigenvalue weighted by Gasteiger charge is -2.33. The van der Waals surface area contributed by atoms with Crippen LogP contribution in [0.5, 0.6) is 5.75 Å². The van der Waals surface area contributed by atoms with Gasteiger partial charge in [0.05, 0.1) is 5.88 Å². The molecule has 0 saturated carbocycles. The number of hydrogen-bond acceptors (Lipinski definition) is 4. The van der Waals surface area contributed by atoms with Crippen molar-refractivity contribution in [1.29, 1.82) is 0 Å². The summed E-state index contributed by atoms with van der Waals surface area (Å²) in [6.45, 7) is 0. The molecule has 1 aliphatic heterocycles. The molecule has 0 aliphatic carbocycles. The van der Waals surface area contributed by atoms with Crippen molar-refractivity contribution in [3.8, 4) is 5.75 Å². The number of alkyl halides is 1. The predicted molar refractivity (Wildman–Crippen MR) is 74.3 cm³/mol. The van der Waals surface area contributed by atoms with Crippen molar-refractivity contribution in [1.82, 2.24) is 16.0 Å². The van der Waals surface area contributed by atoms with E-state index in [2.05, 4.69) is 16.0 Å². The van der Waals surface area contributed by atoms with Crippen LogP contribution in [0.1, 0.15) is 11.1 Å². The second kappa shape index (κ2) is 5.23. The zero-order chi connectivity index (χ0) is 13.3. The average molecular weight is 290 g/mol. The Hall–Kier alpha value is -0.520. The van der Waals surface area contributed by atoms with E-state index >= 15 is 0 Å². The molecule has 1 atom stereocenters. The quantitative estimate of drug-likeness (QED) is 0.582. The third-order valence-corrected chi connectivity index (χ3v) is 3.89. The van der Waals surface area contributed by atoms with Gasteiger partial charge in [-0.1, -0.05) is 11.6 Å². The highest BCUT2D eigenvalue weighted by atomic mass is 35.5. The molecule has 1 unspecified atom stereocenters. The van der Waals surface area contributed by atoms with Gasteiger partial charge in [0.1, 0.15) is 5.75 Å². The van der Waals surface area contributed by atoms with Crippen molar-refractivity contribution in [2.45, 2.75) is 17.8 Å². The van der Waals surface area contributed by atoms with Crippen LogP contribution in [0.3, 0.4) is 0 Å². The first-order valence-corrected chi connectivity index (χ1v) is 6.64. The zero-order valence-electron chi connectivity index (χ0n) is 10.6. The van der Waals surface area contributed by atoms with E-state index in [0.29, 0.717) is 10.9 Å². The first-order valence-electron chi connectivity index (χ1n) is 5.73. The Labute approximate surface area is 117 Å². The predicted octanol–water partition coefficient (Wildman–Crippen LogP) is 1.61. The second-order valence-electron chi connectivity index (χ2n) is 4.17. The average Bonchev–Trinajstić information content (AvgIpc) is 2.71. The van der Waals surface area contributed by atoms with E-state index in [1.807, 2.05) is 33.3 Å². The summed E-state index contributed by atoms with van der Waals surface area (Å²) < 4.78 is 5.95. The van der Waals surface area contributed by atoms with Crippen molar-refractivity contribution in [2.24, 2.45) is 0 Å². The van der Waals surface area contributed by atoms with Crippen LogP contribution in [0.15, 0.2) is 12.1 Å². The minimum Gasteiger partial charge on any atom is -0.471 e. The zero-order valence-corrected chi connectivity index (χ0v) is 12.1. The Balaban J connectivity index is 2.63.